The van der Waals surface area contributed by atoms with Gasteiger partial charge in [0, 0.05) is 44.8 Å². The number of hydrogen-bond acceptors (Lipinski definition) is 4. The van der Waals surface area contributed by atoms with E-state index >= 15 is 0 Å². The second-order valence-corrected chi connectivity index (χ2v) is 7.30. The Kier molecular flexibility index (Phi) is 6.06. The second kappa shape index (κ2) is 8.50. The molecular formula is C20H28N4O4. The Morgan fingerprint density at radius 1 is 1.11 bits per heavy atom. The Labute approximate surface area is 165 Å². The second-order valence-electron chi connectivity index (χ2n) is 7.30. The van der Waals surface area contributed by atoms with E-state index in [0.717, 1.165) is 11.3 Å². The number of ether oxygens (including phenoxy) is 1. The Bertz CT molecular complexity index is 759. The molecule has 0 aliphatic carbocycles. The maximum atomic E-state index is 12.6. The first kappa shape index (κ1) is 20.0. The van der Waals surface area contributed by atoms with E-state index in [4.69, 9.17) is 4.74 Å². The number of hydrogen-bond donors (Lipinski definition) is 1. The zero-order chi connectivity index (χ0) is 20.3. The van der Waals surface area contributed by atoms with Crippen LogP contribution in [-0.2, 0) is 9.53 Å². The van der Waals surface area contributed by atoms with E-state index in [-0.39, 0.29) is 24.1 Å². The number of anilines is 1. The van der Waals surface area contributed by atoms with Crippen molar-refractivity contribution in [2.75, 3.05) is 44.2 Å². The number of carbonyl (C=O) groups excluding carboxylic acids is 3. The van der Waals surface area contributed by atoms with Gasteiger partial charge in [0.05, 0.1) is 12.6 Å². The zero-order valence-corrected chi connectivity index (χ0v) is 16.7. The fraction of sp³-hybridized carbons (Fsp3) is 0.550. The Morgan fingerprint density at radius 2 is 1.79 bits per heavy atom. The number of nitrogens with one attached hydrogen (secondary N) is 1. The van der Waals surface area contributed by atoms with Crippen LogP contribution in [0.25, 0.3) is 0 Å². The fourth-order valence-corrected chi connectivity index (χ4v) is 3.52. The lowest BCUT2D eigenvalue weighted by atomic mass is 10.1. The summed E-state index contributed by atoms with van der Waals surface area (Å²) in [6.45, 7) is 8.44. The van der Waals surface area contributed by atoms with Gasteiger partial charge in [-0.1, -0.05) is 6.07 Å². The average Bonchev–Trinajstić information content (AvgIpc) is 3.04. The number of aryl methyl sites for hydroxylation is 2. The van der Waals surface area contributed by atoms with E-state index in [1.54, 1.807) is 21.6 Å². The molecule has 0 unspecified atom stereocenters. The molecule has 1 atom stereocenters. The van der Waals surface area contributed by atoms with Crippen LogP contribution >= 0.6 is 0 Å². The molecule has 8 nitrogen and oxygen atoms in total. The van der Waals surface area contributed by atoms with Crippen LogP contribution in [0.2, 0.25) is 0 Å². The van der Waals surface area contributed by atoms with E-state index < -0.39 is 0 Å². The highest BCUT2D eigenvalue weighted by atomic mass is 16.6. The van der Waals surface area contributed by atoms with Crippen molar-refractivity contribution in [2.24, 2.45) is 0 Å². The van der Waals surface area contributed by atoms with Crippen molar-refractivity contribution in [2.45, 2.75) is 33.2 Å². The molecule has 2 fully saturated rings. The van der Waals surface area contributed by atoms with Gasteiger partial charge in [-0.05, 0) is 44.0 Å². The van der Waals surface area contributed by atoms with Gasteiger partial charge >= 0.3 is 12.1 Å². The fourth-order valence-electron chi connectivity index (χ4n) is 3.52. The third-order valence-corrected chi connectivity index (χ3v) is 5.35. The summed E-state index contributed by atoms with van der Waals surface area (Å²) in [5.74, 6) is 0.0145. The number of nitrogens with zero attached hydrogens (tertiary/aromatic N) is 3. The van der Waals surface area contributed by atoms with Crippen LogP contribution in [0.1, 0.15) is 24.5 Å². The highest BCUT2D eigenvalue weighted by Gasteiger charge is 2.33. The van der Waals surface area contributed by atoms with Gasteiger partial charge in [0.25, 0.3) is 0 Å². The van der Waals surface area contributed by atoms with E-state index in [0.29, 0.717) is 45.8 Å². The van der Waals surface area contributed by atoms with Crippen LogP contribution in [0.3, 0.4) is 0 Å². The lowest BCUT2D eigenvalue weighted by molar-refractivity contribution is -0.117. The molecule has 28 heavy (non-hydrogen) atoms. The summed E-state index contributed by atoms with van der Waals surface area (Å²) in [6, 6.07) is 5.55. The SMILES string of the molecule is CCOC(=O)N1CCN(C(=O)N[C@H]2CC(=O)N(c3ccc(C)c(C)c3)C2)CC1. The Morgan fingerprint density at radius 3 is 2.43 bits per heavy atom. The molecule has 1 aromatic carbocycles. The Balaban J connectivity index is 1.52. The molecule has 0 saturated carbocycles. The summed E-state index contributed by atoms with van der Waals surface area (Å²) in [5, 5.41) is 2.96. The van der Waals surface area contributed by atoms with Crippen molar-refractivity contribution in [1.29, 1.82) is 0 Å². The van der Waals surface area contributed by atoms with Crippen LogP contribution in [0.4, 0.5) is 15.3 Å². The molecule has 3 rings (SSSR count). The number of carbonyl (C=O) groups is 3. The van der Waals surface area contributed by atoms with Gasteiger partial charge in [-0.2, -0.15) is 0 Å². The first-order valence-electron chi connectivity index (χ1n) is 9.73. The summed E-state index contributed by atoms with van der Waals surface area (Å²) >= 11 is 0. The Hall–Kier alpha value is -2.77. The quantitative estimate of drug-likeness (QED) is 0.857. The van der Waals surface area contributed by atoms with Gasteiger partial charge in [0.1, 0.15) is 0 Å². The minimum atomic E-state index is -0.340. The first-order chi connectivity index (χ1) is 13.4. The summed E-state index contributed by atoms with van der Waals surface area (Å²) in [6.07, 6.45) is -0.0467. The molecule has 0 bridgehead atoms. The first-order valence-corrected chi connectivity index (χ1v) is 9.73. The summed E-state index contributed by atoms with van der Waals surface area (Å²) in [5.41, 5.74) is 3.19. The molecule has 2 saturated heterocycles. The molecule has 1 N–H and O–H groups in total. The lowest BCUT2D eigenvalue weighted by Gasteiger charge is -2.34. The van der Waals surface area contributed by atoms with Gasteiger partial charge in [-0.25, -0.2) is 9.59 Å². The smallest absolute Gasteiger partial charge is 0.409 e. The molecule has 4 amide bonds. The van der Waals surface area contributed by atoms with E-state index in [1.165, 1.54) is 5.56 Å². The van der Waals surface area contributed by atoms with Crippen molar-refractivity contribution >= 4 is 23.7 Å². The number of urea groups is 1. The predicted octanol–water partition coefficient (Wildman–Crippen LogP) is 1.89. The van der Waals surface area contributed by atoms with Gasteiger partial charge in [0.15, 0.2) is 0 Å². The van der Waals surface area contributed by atoms with E-state index in [2.05, 4.69) is 5.32 Å². The van der Waals surface area contributed by atoms with Crippen molar-refractivity contribution in [3.8, 4) is 0 Å². The van der Waals surface area contributed by atoms with Crippen molar-refractivity contribution in [3.05, 3.63) is 29.3 Å². The number of piperazine rings is 1. The maximum absolute atomic E-state index is 12.6. The van der Waals surface area contributed by atoms with Crippen molar-refractivity contribution < 1.29 is 19.1 Å². The number of benzene rings is 1. The average molecular weight is 388 g/mol. The van der Waals surface area contributed by atoms with Gasteiger partial charge in [0.2, 0.25) is 5.91 Å². The van der Waals surface area contributed by atoms with Gasteiger partial charge in [-0.3, -0.25) is 4.79 Å². The molecule has 0 aromatic heterocycles. The third-order valence-electron chi connectivity index (χ3n) is 5.35. The van der Waals surface area contributed by atoms with Crippen LogP contribution in [0.5, 0.6) is 0 Å². The third kappa shape index (κ3) is 4.37. The van der Waals surface area contributed by atoms with Crippen molar-refractivity contribution in [1.82, 2.24) is 15.1 Å². The van der Waals surface area contributed by atoms with Crippen LogP contribution in [-0.4, -0.2) is 73.2 Å². The van der Waals surface area contributed by atoms with Crippen LogP contribution < -0.4 is 10.2 Å². The highest BCUT2D eigenvalue weighted by Crippen LogP contribution is 2.24. The van der Waals surface area contributed by atoms with E-state index in [9.17, 15) is 14.4 Å². The monoisotopic (exact) mass is 388 g/mol. The molecule has 0 spiro atoms. The van der Waals surface area contributed by atoms with Gasteiger partial charge < -0.3 is 24.8 Å². The normalized spacial score (nSPS) is 19.8. The lowest BCUT2D eigenvalue weighted by Crippen LogP contribution is -2.54. The molecule has 1 aromatic rings. The predicted molar refractivity (Wildman–Crippen MR) is 105 cm³/mol. The van der Waals surface area contributed by atoms with Crippen LogP contribution in [0.15, 0.2) is 18.2 Å². The largest absolute Gasteiger partial charge is 0.450 e. The molecular weight excluding hydrogens is 360 g/mol. The molecule has 2 aliphatic rings. The van der Waals surface area contributed by atoms with Crippen molar-refractivity contribution in [3.63, 3.8) is 0 Å². The van der Waals surface area contributed by atoms with Gasteiger partial charge in [-0.15, -0.1) is 0 Å². The van der Waals surface area contributed by atoms with E-state index in [1.807, 2.05) is 32.0 Å². The highest BCUT2D eigenvalue weighted by molar-refractivity contribution is 5.97. The molecule has 152 valence electrons. The van der Waals surface area contributed by atoms with Crippen LogP contribution in [0, 0.1) is 13.8 Å². The number of amides is 4. The summed E-state index contributed by atoms with van der Waals surface area (Å²) in [4.78, 5) is 41.7. The molecule has 2 heterocycles. The standard InChI is InChI=1S/C20H28N4O4/c1-4-28-20(27)23-9-7-22(8-10-23)19(26)21-16-12-18(25)24(13-16)17-6-5-14(2)15(3)11-17/h5-6,11,16H,4,7-10,12-13H2,1-3H3,(H,21,26)/t16-/m0/s1. The minimum absolute atomic E-state index is 0.0145. The summed E-state index contributed by atoms with van der Waals surface area (Å²) < 4.78 is 4.99. The molecule has 0 radical (unpaired) electrons. The maximum Gasteiger partial charge on any atom is 0.409 e. The molecule has 2 aliphatic heterocycles. The topological polar surface area (TPSA) is 82.2 Å². The zero-order valence-electron chi connectivity index (χ0n) is 16.7. The number of rotatable bonds is 3. The molecule has 8 heteroatoms. The summed E-state index contributed by atoms with van der Waals surface area (Å²) in [7, 11) is 0. The minimum Gasteiger partial charge on any atom is -0.450 e.